The van der Waals surface area contributed by atoms with Gasteiger partial charge in [-0.15, -0.1) is 0 Å². The Morgan fingerprint density at radius 3 is 2.84 bits per heavy atom. The first kappa shape index (κ1) is 17.3. The predicted octanol–water partition coefficient (Wildman–Crippen LogP) is 1.62. The molecule has 0 aromatic carbocycles. The maximum atomic E-state index is 12.5. The summed E-state index contributed by atoms with van der Waals surface area (Å²) in [5.41, 5.74) is 1.01. The molecule has 134 valence electrons. The van der Waals surface area contributed by atoms with E-state index in [1.54, 1.807) is 16.9 Å². The zero-order valence-electron chi connectivity index (χ0n) is 14.3. The zero-order chi connectivity index (χ0) is 18.0. The third-order valence-corrected chi connectivity index (χ3v) is 4.40. The second-order valence-electron chi connectivity index (χ2n) is 6.59. The van der Waals surface area contributed by atoms with Crippen molar-refractivity contribution >= 4 is 22.9 Å². The van der Waals surface area contributed by atoms with Gasteiger partial charge < -0.3 is 15.2 Å². The maximum absolute atomic E-state index is 12.5. The van der Waals surface area contributed by atoms with E-state index in [1.165, 1.54) is 6.20 Å². The van der Waals surface area contributed by atoms with Crippen LogP contribution in [0.3, 0.4) is 0 Å². The number of ether oxygens (including phenoxy) is 1. The minimum absolute atomic E-state index is 0.160. The third-order valence-electron chi connectivity index (χ3n) is 4.40. The van der Waals surface area contributed by atoms with Crippen LogP contribution in [0.15, 0.2) is 18.5 Å². The summed E-state index contributed by atoms with van der Waals surface area (Å²) < 4.78 is 7.12. The number of aliphatic carboxylic acids is 1. The second kappa shape index (κ2) is 7.18. The molecule has 2 unspecified atom stereocenters. The monoisotopic (exact) mass is 346 g/mol. The SMILES string of the molecule is CC(C)n1ncc2cc(C(=O)NC(C(=O)O)C3CCCOC3)cnc21. The van der Waals surface area contributed by atoms with E-state index in [-0.39, 0.29) is 12.0 Å². The lowest BCUT2D eigenvalue weighted by atomic mass is 9.93. The van der Waals surface area contributed by atoms with Crippen molar-refractivity contribution in [1.29, 1.82) is 0 Å². The Hall–Kier alpha value is -2.48. The van der Waals surface area contributed by atoms with E-state index < -0.39 is 17.9 Å². The zero-order valence-corrected chi connectivity index (χ0v) is 14.3. The predicted molar refractivity (Wildman–Crippen MR) is 90.3 cm³/mol. The molecule has 2 aromatic rings. The Kier molecular flexibility index (Phi) is 4.98. The number of carboxylic acids is 1. The number of carbonyl (C=O) groups is 2. The van der Waals surface area contributed by atoms with E-state index in [2.05, 4.69) is 15.4 Å². The number of rotatable bonds is 5. The number of nitrogens with zero attached hydrogens (tertiary/aromatic N) is 3. The molecule has 1 aliphatic heterocycles. The topological polar surface area (TPSA) is 106 Å². The Morgan fingerprint density at radius 1 is 1.40 bits per heavy atom. The smallest absolute Gasteiger partial charge is 0.326 e. The van der Waals surface area contributed by atoms with Gasteiger partial charge in [-0.25, -0.2) is 14.5 Å². The fourth-order valence-corrected chi connectivity index (χ4v) is 3.08. The normalized spacial score (nSPS) is 19.1. The molecule has 1 amide bonds. The molecule has 1 fully saturated rings. The molecule has 3 heterocycles. The lowest BCUT2D eigenvalue weighted by Gasteiger charge is -2.28. The van der Waals surface area contributed by atoms with Crippen molar-refractivity contribution in [3.8, 4) is 0 Å². The average molecular weight is 346 g/mol. The number of aromatic nitrogens is 3. The summed E-state index contributed by atoms with van der Waals surface area (Å²) in [4.78, 5) is 28.4. The van der Waals surface area contributed by atoms with Crippen LogP contribution < -0.4 is 5.32 Å². The first-order valence-corrected chi connectivity index (χ1v) is 8.42. The van der Waals surface area contributed by atoms with Gasteiger partial charge in [0.15, 0.2) is 5.65 Å². The second-order valence-corrected chi connectivity index (χ2v) is 6.59. The molecule has 1 saturated heterocycles. The number of amides is 1. The van der Waals surface area contributed by atoms with Crippen LogP contribution in [-0.2, 0) is 9.53 Å². The first-order valence-electron chi connectivity index (χ1n) is 8.42. The standard InChI is InChI=1S/C17H22N4O4/c1-10(2)21-15-12(8-19-21)6-13(7-18-15)16(22)20-14(17(23)24)11-4-3-5-25-9-11/h6-8,10-11,14H,3-5,9H2,1-2H3,(H,20,22)(H,23,24). The molecule has 0 bridgehead atoms. The molecule has 25 heavy (non-hydrogen) atoms. The van der Waals surface area contributed by atoms with Crippen LogP contribution in [0.2, 0.25) is 0 Å². The van der Waals surface area contributed by atoms with Crippen LogP contribution in [0, 0.1) is 5.92 Å². The number of carbonyl (C=O) groups excluding carboxylic acids is 1. The molecule has 0 radical (unpaired) electrons. The van der Waals surface area contributed by atoms with Crippen molar-refractivity contribution in [3.05, 3.63) is 24.0 Å². The summed E-state index contributed by atoms with van der Waals surface area (Å²) in [5.74, 6) is -1.73. The Labute approximate surface area is 145 Å². The number of hydrogen-bond acceptors (Lipinski definition) is 5. The molecule has 8 heteroatoms. The average Bonchev–Trinajstić information content (AvgIpc) is 3.03. The summed E-state index contributed by atoms with van der Waals surface area (Å²) >= 11 is 0. The molecule has 2 N–H and O–H groups in total. The van der Waals surface area contributed by atoms with Gasteiger partial charge in [0.1, 0.15) is 6.04 Å². The van der Waals surface area contributed by atoms with Gasteiger partial charge in [-0.2, -0.15) is 5.10 Å². The largest absolute Gasteiger partial charge is 0.480 e. The molecule has 2 aromatic heterocycles. The fourth-order valence-electron chi connectivity index (χ4n) is 3.08. The summed E-state index contributed by atoms with van der Waals surface area (Å²) in [6.07, 6.45) is 4.62. The number of hydrogen-bond donors (Lipinski definition) is 2. The van der Waals surface area contributed by atoms with Gasteiger partial charge >= 0.3 is 5.97 Å². The van der Waals surface area contributed by atoms with Crippen molar-refractivity contribution in [2.75, 3.05) is 13.2 Å². The van der Waals surface area contributed by atoms with Crippen LogP contribution >= 0.6 is 0 Å². The van der Waals surface area contributed by atoms with E-state index in [4.69, 9.17) is 4.74 Å². The fraction of sp³-hybridized carbons (Fsp3) is 0.529. The minimum atomic E-state index is -1.05. The summed E-state index contributed by atoms with van der Waals surface area (Å²) in [6, 6.07) is 0.870. The molecule has 0 aliphatic carbocycles. The molecule has 2 atom stereocenters. The van der Waals surface area contributed by atoms with Crippen LogP contribution in [0.25, 0.3) is 11.0 Å². The Balaban J connectivity index is 1.79. The minimum Gasteiger partial charge on any atom is -0.480 e. The van der Waals surface area contributed by atoms with Crippen molar-refractivity contribution in [1.82, 2.24) is 20.1 Å². The van der Waals surface area contributed by atoms with Crippen molar-refractivity contribution in [2.24, 2.45) is 5.92 Å². The van der Waals surface area contributed by atoms with Crippen LogP contribution in [0.4, 0.5) is 0 Å². The van der Waals surface area contributed by atoms with Gasteiger partial charge in [0.05, 0.1) is 18.4 Å². The van der Waals surface area contributed by atoms with E-state index in [0.29, 0.717) is 24.4 Å². The quantitative estimate of drug-likeness (QED) is 0.852. The van der Waals surface area contributed by atoms with Crippen molar-refractivity contribution in [3.63, 3.8) is 0 Å². The number of pyridine rings is 1. The molecule has 0 saturated carbocycles. The lowest BCUT2D eigenvalue weighted by molar-refractivity contribution is -0.142. The highest BCUT2D eigenvalue weighted by molar-refractivity contribution is 5.98. The van der Waals surface area contributed by atoms with Crippen molar-refractivity contribution < 1.29 is 19.4 Å². The summed E-state index contributed by atoms with van der Waals surface area (Å²) in [6.45, 7) is 4.98. The number of nitrogens with one attached hydrogen (secondary N) is 1. The summed E-state index contributed by atoms with van der Waals surface area (Å²) in [7, 11) is 0. The van der Waals surface area contributed by atoms with Crippen molar-refractivity contribution in [2.45, 2.75) is 38.8 Å². The van der Waals surface area contributed by atoms with E-state index in [9.17, 15) is 14.7 Å². The van der Waals surface area contributed by atoms with Crippen LogP contribution in [0.5, 0.6) is 0 Å². The van der Waals surface area contributed by atoms with Gasteiger partial charge in [0.2, 0.25) is 0 Å². The summed E-state index contributed by atoms with van der Waals surface area (Å²) in [5, 5.41) is 17.1. The highest BCUT2D eigenvalue weighted by Gasteiger charge is 2.31. The third kappa shape index (κ3) is 3.63. The van der Waals surface area contributed by atoms with Gasteiger partial charge in [0.25, 0.3) is 5.91 Å². The number of fused-ring (bicyclic) bond motifs is 1. The molecular formula is C17H22N4O4. The molecular weight excluding hydrogens is 324 g/mol. The van der Waals surface area contributed by atoms with E-state index in [1.807, 2.05) is 13.8 Å². The highest BCUT2D eigenvalue weighted by Crippen LogP contribution is 2.20. The van der Waals surface area contributed by atoms with Gasteiger partial charge in [-0.1, -0.05) is 0 Å². The Morgan fingerprint density at radius 2 is 2.20 bits per heavy atom. The van der Waals surface area contributed by atoms with Crippen LogP contribution in [-0.4, -0.2) is 51.0 Å². The maximum Gasteiger partial charge on any atom is 0.326 e. The van der Waals surface area contributed by atoms with E-state index in [0.717, 1.165) is 18.2 Å². The first-order chi connectivity index (χ1) is 12.0. The molecule has 3 rings (SSSR count). The van der Waals surface area contributed by atoms with Gasteiger partial charge in [-0.05, 0) is 32.8 Å². The van der Waals surface area contributed by atoms with Gasteiger partial charge in [0, 0.05) is 30.1 Å². The molecule has 0 spiro atoms. The molecule has 1 aliphatic rings. The van der Waals surface area contributed by atoms with Crippen LogP contribution in [0.1, 0.15) is 43.1 Å². The lowest BCUT2D eigenvalue weighted by Crippen LogP contribution is -2.48. The Bertz CT molecular complexity index is 780. The van der Waals surface area contributed by atoms with E-state index >= 15 is 0 Å². The molecule has 8 nitrogen and oxygen atoms in total. The van der Waals surface area contributed by atoms with Gasteiger partial charge in [-0.3, -0.25) is 4.79 Å². The number of carboxylic acid groups (broad SMARTS) is 1. The highest BCUT2D eigenvalue weighted by atomic mass is 16.5.